The molecule has 0 bridgehead atoms. The molecule has 2 heterocycles. The van der Waals surface area contributed by atoms with Crippen molar-refractivity contribution in [1.82, 2.24) is 4.98 Å². The van der Waals surface area contributed by atoms with Gasteiger partial charge in [0.15, 0.2) is 0 Å². The number of anilines is 2. The van der Waals surface area contributed by atoms with Crippen LogP contribution < -0.4 is 10.2 Å². The Morgan fingerprint density at radius 1 is 1.14 bits per heavy atom. The van der Waals surface area contributed by atoms with Crippen LogP contribution in [0.25, 0.3) is 10.9 Å². The Balaban J connectivity index is 2.04. The lowest BCUT2D eigenvalue weighted by molar-refractivity contribution is 0.949. The van der Waals surface area contributed by atoms with Gasteiger partial charge in [0.05, 0.1) is 5.52 Å². The van der Waals surface area contributed by atoms with E-state index in [-0.39, 0.29) is 0 Å². The van der Waals surface area contributed by atoms with Crippen molar-refractivity contribution in [3.05, 3.63) is 30.0 Å². The van der Waals surface area contributed by atoms with Crippen molar-refractivity contribution in [2.24, 2.45) is 0 Å². The van der Waals surface area contributed by atoms with Crippen LogP contribution in [-0.2, 0) is 6.42 Å². The van der Waals surface area contributed by atoms with Crippen LogP contribution in [0.15, 0.2) is 24.3 Å². The fraction of sp³-hybridized carbons (Fsp3) is 0.500. The van der Waals surface area contributed by atoms with Crippen LogP contribution >= 0.6 is 0 Å². The maximum absolute atomic E-state index is 4.77. The van der Waals surface area contributed by atoms with Crippen LogP contribution in [0.4, 0.5) is 11.4 Å². The zero-order valence-corrected chi connectivity index (χ0v) is 13.2. The zero-order valence-electron chi connectivity index (χ0n) is 13.2. The lowest BCUT2D eigenvalue weighted by Crippen LogP contribution is -2.17. The summed E-state index contributed by atoms with van der Waals surface area (Å²) in [7, 11) is 0. The normalized spacial score (nSPS) is 14.9. The second-order valence-corrected chi connectivity index (χ2v) is 5.84. The average molecular weight is 283 g/mol. The van der Waals surface area contributed by atoms with Gasteiger partial charge in [0, 0.05) is 42.1 Å². The number of nitrogens with one attached hydrogen (secondary N) is 1. The van der Waals surface area contributed by atoms with Gasteiger partial charge in [-0.15, -0.1) is 0 Å². The monoisotopic (exact) mass is 283 g/mol. The van der Waals surface area contributed by atoms with E-state index in [1.54, 1.807) is 0 Å². The molecule has 3 rings (SSSR count). The van der Waals surface area contributed by atoms with Gasteiger partial charge in [-0.25, -0.2) is 0 Å². The molecular formula is C18H25N3. The minimum absolute atomic E-state index is 0.977. The maximum atomic E-state index is 4.77. The molecule has 0 amide bonds. The number of aromatic nitrogens is 1. The van der Waals surface area contributed by atoms with E-state index >= 15 is 0 Å². The highest BCUT2D eigenvalue weighted by atomic mass is 15.1. The minimum Gasteiger partial charge on any atom is -0.384 e. The molecule has 1 aliphatic heterocycles. The third-order valence-corrected chi connectivity index (χ3v) is 4.24. The molecule has 3 nitrogen and oxygen atoms in total. The van der Waals surface area contributed by atoms with Crippen molar-refractivity contribution in [3.63, 3.8) is 0 Å². The van der Waals surface area contributed by atoms with Gasteiger partial charge in [0.25, 0.3) is 0 Å². The van der Waals surface area contributed by atoms with Crippen LogP contribution in [0.3, 0.4) is 0 Å². The smallest absolute Gasteiger partial charge is 0.0727 e. The molecule has 0 atom stereocenters. The summed E-state index contributed by atoms with van der Waals surface area (Å²) in [6.45, 7) is 7.74. The van der Waals surface area contributed by atoms with Gasteiger partial charge in [-0.2, -0.15) is 0 Å². The van der Waals surface area contributed by atoms with E-state index in [2.05, 4.69) is 48.3 Å². The first kappa shape index (κ1) is 14.2. The predicted octanol–water partition coefficient (Wildman–Crippen LogP) is 4.22. The first-order chi connectivity index (χ1) is 10.3. The van der Waals surface area contributed by atoms with Crippen LogP contribution in [-0.4, -0.2) is 24.6 Å². The van der Waals surface area contributed by atoms with Gasteiger partial charge in [-0.1, -0.05) is 13.8 Å². The highest BCUT2D eigenvalue weighted by Gasteiger charge is 2.14. The van der Waals surface area contributed by atoms with Gasteiger partial charge in [-0.05, 0) is 49.9 Å². The zero-order chi connectivity index (χ0) is 14.7. The van der Waals surface area contributed by atoms with E-state index < -0.39 is 0 Å². The number of fused-ring (bicyclic) bond motifs is 1. The number of aryl methyl sites for hydroxylation is 1. The fourth-order valence-electron chi connectivity index (χ4n) is 3.03. The Labute approximate surface area is 127 Å². The molecule has 0 unspecified atom stereocenters. The summed E-state index contributed by atoms with van der Waals surface area (Å²) in [6, 6.07) is 8.93. The number of hydrogen-bond donors (Lipinski definition) is 1. The second kappa shape index (κ2) is 6.33. The standard InChI is InChI=1S/C18H25N3/c1-3-9-19-18-12-14(4-2)20-17-8-7-15(13-16(17)18)21-10-5-6-11-21/h7-8,12-13H,3-6,9-11H2,1-2H3,(H,19,20). The quantitative estimate of drug-likeness (QED) is 0.890. The number of pyridine rings is 1. The van der Waals surface area contributed by atoms with Crippen LogP contribution in [0, 0.1) is 0 Å². The summed E-state index contributed by atoms with van der Waals surface area (Å²) in [4.78, 5) is 7.25. The van der Waals surface area contributed by atoms with Crippen LogP contribution in [0.1, 0.15) is 38.8 Å². The molecule has 21 heavy (non-hydrogen) atoms. The van der Waals surface area contributed by atoms with Gasteiger partial charge in [0.1, 0.15) is 0 Å². The van der Waals surface area contributed by atoms with Crippen LogP contribution in [0.2, 0.25) is 0 Å². The first-order valence-electron chi connectivity index (χ1n) is 8.24. The second-order valence-electron chi connectivity index (χ2n) is 5.84. The summed E-state index contributed by atoms with van der Waals surface area (Å²) in [5.41, 5.74) is 4.84. The van der Waals surface area contributed by atoms with Gasteiger partial charge in [-0.3, -0.25) is 4.98 Å². The molecule has 0 saturated carbocycles. The van der Waals surface area contributed by atoms with E-state index in [1.165, 1.54) is 42.7 Å². The van der Waals surface area contributed by atoms with Crippen LogP contribution in [0.5, 0.6) is 0 Å². The van der Waals surface area contributed by atoms with Gasteiger partial charge < -0.3 is 10.2 Å². The van der Waals surface area contributed by atoms with E-state index in [9.17, 15) is 0 Å². The molecule has 2 aromatic rings. The molecule has 0 aliphatic carbocycles. The number of rotatable bonds is 5. The van der Waals surface area contributed by atoms with Gasteiger partial charge in [0.2, 0.25) is 0 Å². The Kier molecular flexibility index (Phi) is 4.28. The summed E-state index contributed by atoms with van der Waals surface area (Å²) in [5.74, 6) is 0. The van der Waals surface area contributed by atoms with E-state index in [0.717, 1.165) is 30.6 Å². The molecule has 1 aromatic heterocycles. The molecule has 1 aliphatic rings. The fourth-order valence-corrected chi connectivity index (χ4v) is 3.03. The number of hydrogen-bond acceptors (Lipinski definition) is 3. The lowest BCUT2D eigenvalue weighted by atomic mass is 10.1. The maximum Gasteiger partial charge on any atom is 0.0727 e. The van der Waals surface area contributed by atoms with Crippen molar-refractivity contribution < 1.29 is 0 Å². The predicted molar refractivity (Wildman–Crippen MR) is 91.3 cm³/mol. The summed E-state index contributed by atoms with van der Waals surface area (Å²) < 4.78 is 0. The van der Waals surface area contributed by atoms with Crippen molar-refractivity contribution >= 4 is 22.3 Å². The summed E-state index contributed by atoms with van der Waals surface area (Å²) in [6.07, 6.45) is 4.74. The number of nitrogens with zero attached hydrogens (tertiary/aromatic N) is 2. The molecule has 1 N–H and O–H groups in total. The van der Waals surface area contributed by atoms with E-state index in [1.807, 2.05) is 0 Å². The Hall–Kier alpha value is -1.77. The van der Waals surface area contributed by atoms with Gasteiger partial charge >= 0.3 is 0 Å². The first-order valence-corrected chi connectivity index (χ1v) is 8.24. The van der Waals surface area contributed by atoms with Crippen molar-refractivity contribution in [2.45, 2.75) is 39.5 Å². The summed E-state index contributed by atoms with van der Waals surface area (Å²) in [5, 5.41) is 4.83. The Bertz CT molecular complexity index is 615. The Morgan fingerprint density at radius 2 is 1.95 bits per heavy atom. The average Bonchev–Trinajstić information content (AvgIpc) is 3.06. The van der Waals surface area contributed by atoms with E-state index in [0.29, 0.717) is 0 Å². The van der Waals surface area contributed by atoms with E-state index in [4.69, 9.17) is 4.98 Å². The third-order valence-electron chi connectivity index (χ3n) is 4.24. The SMILES string of the molecule is CCCNc1cc(CC)nc2ccc(N3CCCC3)cc12. The lowest BCUT2D eigenvalue weighted by Gasteiger charge is -2.19. The molecule has 1 fully saturated rings. The third kappa shape index (κ3) is 2.97. The molecule has 1 aromatic carbocycles. The topological polar surface area (TPSA) is 28.2 Å². The highest BCUT2D eigenvalue weighted by molar-refractivity contribution is 5.94. The summed E-state index contributed by atoms with van der Waals surface area (Å²) >= 11 is 0. The molecular weight excluding hydrogens is 258 g/mol. The molecule has 3 heteroatoms. The molecule has 112 valence electrons. The highest BCUT2D eigenvalue weighted by Crippen LogP contribution is 2.29. The molecule has 0 radical (unpaired) electrons. The largest absolute Gasteiger partial charge is 0.384 e. The Morgan fingerprint density at radius 3 is 2.67 bits per heavy atom. The number of benzene rings is 1. The molecule has 1 saturated heterocycles. The molecule has 0 spiro atoms. The van der Waals surface area contributed by atoms with Crippen molar-refractivity contribution in [3.8, 4) is 0 Å². The minimum atomic E-state index is 0.977. The van der Waals surface area contributed by atoms with Crippen molar-refractivity contribution in [1.29, 1.82) is 0 Å². The van der Waals surface area contributed by atoms with Crippen molar-refractivity contribution in [2.75, 3.05) is 29.9 Å².